The Hall–Kier alpha value is -1.33. The number of halogens is 2. The van der Waals surface area contributed by atoms with E-state index in [-0.39, 0.29) is 11.9 Å². The average Bonchev–Trinajstić information content (AvgIpc) is 2.79. The molecule has 106 valence electrons. The van der Waals surface area contributed by atoms with Crippen LogP contribution in [0.4, 0.5) is 0 Å². The van der Waals surface area contributed by atoms with Crippen molar-refractivity contribution in [3.63, 3.8) is 0 Å². The second-order valence-electron chi connectivity index (χ2n) is 4.99. The lowest BCUT2D eigenvalue weighted by atomic mass is 10.1. The molecule has 0 N–H and O–H groups in total. The van der Waals surface area contributed by atoms with Gasteiger partial charge in [0.25, 0.3) is 0 Å². The zero-order valence-electron chi connectivity index (χ0n) is 11.0. The van der Waals surface area contributed by atoms with Gasteiger partial charge in [-0.3, -0.25) is 4.79 Å². The van der Waals surface area contributed by atoms with Gasteiger partial charge in [0.1, 0.15) is 11.3 Å². The van der Waals surface area contributed by atoms with Crippen molar-refractivity contribution >= 4 is 40.3 Å². The van der Waals surface area contributed by atoms with Crippen molar-refractivity contribution in [1.82, 2.24) is 19.4 Å². The van der Waals surface area contributed by atoms with Gasteiger partial charge < -0.3 is 9.47 Å². The second-order valence-corrected chi connectivity index (χ2v) is 5.70. The molecule has 1 aliphatic rings. The van der Waals surface area contributed by atoms with E-state index in [2.05, 4.69) is 9.97 Å². The van der Waals surface area contributed by atoms with Crippen LogP contribution >= 0.6 is 23.2 Å². The third-order valence-electron chi connectivity index (χ3n) is 3.66. The first kappa shape index (κ1) is 13.6. The molecule has 3 rings (SSSR count). The lowest BCUT2D eigenvalue weighted by molar-refractivity contribution is -0.132. The topological polar surface area (TPSA) is 51.0 Å². The highest BCUT2D eigenvalue weighted by molar-refractivity contribution is 6.31. The smallest absolute Gasteiger partial charge is 0.222 e. The SMILES string of the molecule is CN1CC(n2c(CCl)nc3cc(Cl)cnc32)CCC1=O. The Labute approximate surface area is 126 Å². The molecule has 2 aromatic rings. The Kier molecular flexibility index (Phi) is 3.56. The third kappa shape index (κ3) is 2.25. The molecule has 3 heterocycles. The van der Waals surface area contributed by atoms with Crippen LogP contribution in [-0.4, -0.2) is 38.9 Å². The summed E-state index contributed by atoms with van der Waals surface area (Å²) in [6.45, 7) is 0.651. The molecule has 1 saturated heterocycles. The molecule has 1 aliphatic heterocycles. The van der Waals surface area contributed by atoms with Crippen LogP contribution in [0.15, 0.2) is 12.3 Å². The predicted octanol–water partition coefficient (Wildman–Crippen LogP) is 2.62. The summed E-state index contributed by atoms with van der Waals surface area (Å²) in [5, 5.41) is 0.555. The van der Waals surface area contributed by atoms with Crippen LogP contribution < -0.4 is 0 Å². The highest BCUT2D eigenvalue weighted by Gasteiger charge is 2.27. The van der Waals surface area contributed by atoms with Crippen LogP contribution in [0.2, 0.25) is 5.02 Å². The number of alkyl halides is 1. The Morgan fingerprint density at radius 2 is 2.30 bits per heavy atom. The number of nitrogens with zero attached hydrogens (tertiary/aromatic N) is 4. The predicted molar refractivity (Wildman–Crippen MR) is 78.0 cm³/mol. The third-order valence-corrected chi connectivity index (χ3v) is 4.10. The summed E-state index contributed by atoms with van der Waals surface area (Å²) in [6, 6.07) is 1.94. The molecule has 1 fully saturated rings. The van der Waals surface area contributed by atoms with Gasteiger partial charge in [0, 0.05) is 26.2 Å². The van der Waals surface area contributed by atoms with E-state index in [9.17, 15) is 4.79 Å². The monoisotopic (exact) mass is 312 g/mol. The number of amides is 1. The number of rotatable bonds is 2. The van der Waals surface area contributed by atoms with E-state index in [0.29, 0.717) is 23.9 Å². The van der Waals surface area contributed by atoms with Crippen molar-refractivity contribution < 1.29 is 4.79 Å². The van der Waals surface area contributed by atoms with Gasteiger partial charge in [-0.1, -0.05) is 11.6 Å². The summed E-state index contributed by atoms with van der Waals surface area (Å²) in [6.07, 6.45) is 2.93. The van der Waals surface area contributed by atoms with E-state index in [0.717, 1.165) is 23.4 Å². The lowest BCUT2D eigenvalue weighted by Crippen LogP contribution is -2.38. The van der Waals surface area contributed by atoms with Gasteiger partial charge in [-0.15, -0.1) is 11.6 Å². The fraction of sp³-hybridized carbons (Fsp3) is 0.462. The van der Waals surface area contributed by atoms with E-state index in [1.807, 2.05) is 11.6 Å². The highest BCUT2D eigenvalue weighted by atomic mass is 35.5. The van der Waals surface area contributed by atoms with Crippen molar-refractivity contribution in [1.29, 1.82) is 0 Å². The van der Waals surface area contributed by atoms with Crippen LogP contribution in [0, 0.1) is 0 Å². The van der Waals surface area contributed by atoms with Crippen molar-refractivity contribution in [3.05, 3.63) is 23.1 Å². The first-order valence-corrected chi connectivity index (χ1v) is 7.33. The molecule has 1 amide bonds. The summed E-state index contributed by atoms with van der Waals surface area (Å²) in [5.74, 6) is 1.25. The molecule has 0 saturated carbocycles. The number of fused-ring (bicyclic) bond motifs is 1. The van der Waals surface area contributed by atoms with Crippen LogP contribution in [0.1, 0.15) is 24.7 Å². The lowest BCUT2D eigenvalue weighted by Gasteiger charge is -2.31. The molecule has 7 heteroatoms. The van der Waals surface area contributed by atoms with Crippen LogP contribution in [-0.2, 0) is 10.7 Å². The molecule has 5 nitrogen and oxygen atoms in total. The number of pyridine rings is 1. The molecule has 20 heavy (non-hydrogen) atoms. The number of likely N-dealkylation sites (tertiary alicyclic amines) is 1. The van der Waals surface area contributed by atoms with Gasteiger partial charge in [-0.2, -0.15) is 0 Å². The normalized spacial score (nSPS) is 19.9. The van der Waals surface area contributed by atoms with E-state index in [1.165, 1.54) is 0 Å². The van der Waals surface area contributed by atoms with Crippen molar-refractivity contribution in [2.75, 3.05) is 13.6 Å². The second kappa shape index (κ2) is 5.22. The summed E-state index contributed by atoms with van der Waals surface area (Å²) in [4.78, 5) is 22.2. The van der Waals surface area contributed by atoms with E-state index < -0.39 is 0 Å². The maximum atomic E-state index is 11.6. The zero-order valence-corrected chi connectivity index (χ0v) is 12.5. The van der Waals surface area contributed by atoms with Crippen LogP contribution in [0.3, 0.4) is 0 Å². The number of likely N-dealkylation sites (N-methyl/N-ethyl adjacent to an activating group) is 1. The van der Waals surface area contributed by atoms with Gasteiger partial charge in [-0.25, -0.2) is 9.97 Å². The van der Waals surface area contributed by atoms with Gasteiger partial charge in [0.05, 0.1) is 16.9 Å². The molecule has 1 atom stereocenters. The van der Waals surface area contributed by atoms with E-state index >= 15 is 0 Å². The van der Waals surface area contributed by atoms with Crippen molar-refractivity contribution in [2.24, 2.45) is 0 Å². The summed E-state index contributed by atoms with van der Waals surface area (Å²) >= 11 is 12.0. The quantitative estimate of drug-likeness (QED) is 0.801. The van der Waals surface area contributed by atoms with Gasteiger partial charge in [0.2, 0.25) is 5.91 Å². The first-order valence-electron chi connectivity index (χ1n) is 6.42. The fourth-order valence-electron chi connectivity index (χ4n) is 2.68. The Bertz CT molecular complexity index is 670. The Morgan fingerprint density at radius 1 is 1.50 bits per heavy atom. The number of carbonyl (C=O) groups excluding carboxylic acids is 1. The minimum Gasteiger partial charge on any atom is -0.344 e. The first-order chi connectivity index (χ1) is 9.60. The summed E-state index contributed by atoms with van der Waals surface area (Å²) in [5.41, 5.74) is 1.52. The molecular formula is C13H14Cl2N4O. The molecule has 0 radical (unpaired) electrons. The number of aromatic nitrogens is 3. The van der Waals surface area contributed by atoms with E-state index in [1.54, 1.807) is 17.2 Å². The molecule has 1 unspecified atom stereocenters. The summed E-state index contributed by atoms with van der Waals surface area (Å²) < 4.78 is 2.04. The number of carbonyl (C=O) groups is 1. The van der Waals surface area contributed by atoms with Crippen molar-refractivity contribution in [3.8, 4) is 0 Å². The highest BCUT2D eigenvalue weighted by Crippen LogP contribution is 2.28. The molecule has 2 aromatic heterocycles. The fourth-order valence-corrected chi connectivity index (χ4v) is 3.02. The largest absolute Gasteiger partial charge is 0.344 e. The van der Waals surface area contributed by atoms with Crippen LogP contribution in [0.5, 0.6) is 0 Å². The molecule has 0 aliphatic carbocycles. The standard InChI is InChI=1S/C13H14Cl2N4O/c1-18-7-9(2-3-12(18)20)19-11(5-14)17-10-4-8(15)6-16-13(10)19/h4,6,9H,2-3,5,7H2,1H3. The molecule has 0 spiro atoms. The maximum Gasteiger partial charge on any atom is 0.222 e. The molecule has 0 bridgehead atoms. The van der Waals surface area contributed by atoms with Gasteiger partial charge in [-0.05, 0) is 12.5 Å². The number of piperidine rings is 1. The average molecular weight is 313 g/mol. The minimum absolute atomic E-state index is 0.158. The zero-order chi connectivity index (χ0) is 14.3. The Morgan fingerprint density at radius 3 is 3.00 bits per heavy atom. The molecule has 0 aromatic carbocycles. The van der Waals surface area contributed by atoms with Crippen LogP contribution in [0.25, 0.3) is 11.2 Å². The van der Waals surface area contributed by atoms with Gasteiger partial charge in [0.15, 0.2) is 5.65 Å². The van der Waals surface area contributed by atoms with Gasteiger partial charge >= 0.3 is 0 Å². The number of hydrogen-bond donors (Lipinski definition) is 0. The Balaban J connectivity index is 2.07. The minimum atomic E-state index is 0.158. The number of hydrogen-bond acceptors (Lipinski definition) is 3. The van der Waals surface area contributed by atoms with E-state index in [4.69, 9.17) is 23.2 Å². The number of imidazole rings is 1. The van der Waals surface area contributed by atoms with Crippen molar-refractivity contribution in [2.45, 2.75) is 24.8 Å². The molecular weight excluding hydrogens is 299 g/mol. The summed E-state index contributed by atoms with van der Waals surface area (Å²) in [7, 11) is 1.82. The maximum absolute atomic E-state index is 11.6.